The summed E-state index contributed by atoms with van der Waals surface area (Å²) in [6.45, 7) is 5.14. The standard InChI is InChI=1S/C18H22N2O3/c1-3-22-11-12-23-14(2)18(21)20-17-10-9-16(13-19-17)15-7-5-4-6-8-15/h4-10,13-14H,3,11-12H2,1-2H3,(H,19,20,21). The lowest BCUT2D eigenvalue weighted by Crippen LogP contribution is -2.29. The van der Waals surface area contributed by atoms with Gasteiger partial charge in [-0.15, -0.1) is 0 Å². The van der Waals surface area contributed by atoms with Crippen molar-refractivity contribution < 1.29 is 14.3 Å². The number of anilines is 1. The summed E-state index contributed by atoms with van der Waals surface area (Å²) in [4.78, 5) is 16.3. The fraction of sp³-hybridized carbons (Fsp3) is 0.333. The van der Waals surface area contributed by atoms with Gasteiger partial charge in [-0.05, 0) is 31.5 Å². The molecule has 0 aliphatic heterocycles. The first-order valence-corrected chi connectivity index (χ1v) is 7.72. The summed E-state index contributed by atoms with van der Waals surface area (Å²) in [7, 11) is 0. The van der Waals surface area contributed by atoms with E-state index in [-0.39, 0.29) is 5.91 Å². The Labute approximate surface area is 136 Å². The minimum atomic E-state index is -0.550. The van der Waals surface area contributed by atoms with Crippen LogP contribution < -0.4 is 5.32 Å². The number of hydrogen-bond donors (Lipinski definition) is 1. The van der Waals surface area contributed by atoms with Crippen LogP contribution in [0.25, 0.3) is 11.1 Å². The first-order valence-electron chi connectivity index (χ1n) is 7.72. The van der Waals surface area contributed by atoms with Gasteiger partial charge in [-0.2, -0.15) is 0 Å². The van der Waals surface area contributed by atoms with E-state index in [0.717, 1.165) is 11.1 Å². The Bertz CT molecular complexity index is 599. The van der Waals surface area contributed by atoms with Gasteiger partial charge in [0.1, 0.15) is 11.9 Å². The van der Waals surface area contributed by atoms with Crippen molar-refractivity contribution in [2.45, 2.75) is 20.0 Å². The molecule has 0 fully saturated rings. The van der Waals surface area contributed by atoms with Crippen LogP contribution in [-0.4, -0.2) is 36.8 Å². The quantitative estimate of drug-likeness (QED) is 0.761. The van der Waals surface area contributed by atoms with Crippen LogP contribution >= 0.6 is 0 Å². The predicted octanol–water partition coefficient (Wildman–Crippen LogP) is 3.13. The van der Waals surface area contributed by atoms with Crippen molar-refractivity contribution in [1.82, 2.24) is 4.98 Å². The van der Waals surface area contributed by atoms with E-state index in [9.17, 15) is 4.79 Å². The van der Waals surface area contributed by atoms with E-state index in [4.69, 9.17) is 9.47 Å². The highest BCUT2D eigenvalue weighted by atomic mass is 16.5. The summed E-state index contributed by atoms with van der Waals surface area (Å²) in [6.07, 6.45) is 1.19. The molecule has 2 aromatic rings. The fourth-order valence-corrected chi connectivity index (χ4v) is 2.00. The summed E-state index contributed by atoms with van der Waals surface area (Å²) in [5, 5.41) is 2.75. The van der Waals surface area contributed by atoms with Gasteiger partial charge in [0.25, 0.3) is 5.91 Å². The van der Waals surface area contributed by atoms with Gasteiger partial charge in [0.15, 0.2) is 0 Å². The average molecular weight is 314 g/mol. The number of pyridine rings is 1. The number of nitrogens with one attached hydrogen (secondary N) is 1. The molecule has 2 rings (SSSR count). The highest BCUT2D eigenvalue weighted by Crippen LogP contribution is 2.19. The smallest absolute Gasteiger partial charge is 0.254 e. The molecule has 0 saturated carbocycles. The lowest BCUT2D eigenvalue weighted by molar-refractivity contribution is -0.127. The van der Waals surface area contributed by atoms with Crippen molar-refractivity contribution in [3.05, 3.63) is 48.7 Å². The highest BCUT2D eigenvalue weighted by molar-refractivity contribution is 5.93. The molecule has 5 nitrogen and oxygen atoms in total. The van der Waals surface area contributed by atoms with E-state index < -0.39 is 6.10 Å². The lowest BCUT2D eigenvalue weighted by Gasteiger charge is -2.13. The third-order valence-corrected chi connectivity index (χ3v) is 3.29. The molecular formula is C18H22N2O3. The topological polar surface area (TPSA) is 60.5 Å². The van der Waals surface area contributed by atoms with Gasteiger partial charge in [0, 0.05) is 18.4 Å². The maximum absolute atomic E-state index is 12.0. The number of carbonyl (C=O) groups is 1. The molecule has 1 unspecified atom stereocenters. The minimum absolute atomic E-state index is 0.221. The highest BCUT2D eigenvalue weighted by Gasteiger charge is 2.13. The summed E-state index contributed by atoms with van der Waals surface area (Å²) in [6, 6.07) is 13.7. The Morgan fingerprint density at radius 3 is 2.57 bits per heavy atom. The largest absolute Gasteiger partial charge is 0.379 e. The van der Waals surface area contributed by atoms with Crippen LogP contribution in [0.4, 0.5) is 5.82 Å². The van der Waals surface area contributed by atoms with Gasteiger partial charge in [0.2, 0.25) is 0 Å². The predicted molar refractivity (Wildman–Crippen MR) is 90.2 cm³/mol. The Kier molecular flexibility index (Phi) is 6.72. The van der Waals surface area contributed by atoms with Gasteiger partial charge in [-0.3, -0.25) is 4.79 Å². The SMILES string of the molecule is CCOCCOC(C)C(=O)Nc1ccc(-c2ccccc2)cn1. The van der Waals surface area contributed by atoms with Crippen LogP contribution in [0, 0.1) is 0 Å². The Balaban J connectivity index is 1.86. The second-order valence-electron chi connectivity index (χ2n) is 5.00. The lowest BCUT2D eigenvalue weighted by atomic mass is 10.1. The Morgan fingerprint density at radius 1 is 1.13 bits per heavy atom. The number of hydrogen-bond acceptors (Lipinski definition) is 4. The zero-order chi connectivity index (χ0) is 16.5. The minimum Gasteiger partial charge on any atom is -0.379 e. The zero-order valence-electron chi connectivity index (χ0n) is 13.5. The van der Waals surface area contributed by atoms with E-state index in [1.807, 2.05) is 43.3 Å². The van der Waals surface area contributed by atoms with Crippen molar-refractivity contribution in [2.75, 3.05) is 25.1 Å². The molecule has 0 aliphatic carbocycles. The Morgan fingerprint density at radius 2 is 1.91 bits per heavy atom. The summed E-state index contributed by atoms with van der Waals surface area (Å²) in [5.74, 6) is 0.288. The second kappa shape index (κ2) is 9.02. The number of rotatable bonds is 8. The number of carbonyl (C=O) groups excluding carboxylic acids is 1. The molecule has 122 valence electrons. The van der Waals surface area contributed by atoms with Crippen LogP contribution in [0.1, 0.15) is 13.8 Å². The molecule has 0 saturated heterocycles. The van der Waals surface area contributed by atoms with Gasteiger partial charge < -0.3 is 14.8 Å². The molecule has 1 aromatic heterocycles. The first kappa shape index (κ1) is 17.1. The van der Waals surface area contributed by atoms with Gasteiger partial charge in [-0.1, -0.05) is 30.3 Å². The molecule has 23 heavy (non-hydrogen) atoms. The molecule has 0 spiro atoms. The van der Waals surface area contributed by atoms with E-state index in [0.29, 0.717) is 25.6 Å². The van der Waals surface area contributed by atoms with Gasteiger partial charge in [-0.25, -0.2) is 4.98 Å². The summed E-state index contributed by atoms with van der Waals surface area (Å²) >= 11 is 0. The molecule has 0 bridgehead atoms. The van der Waals surface area contributed by atoms with Crippen LogP contribution in [0.15, 0.2) is 48.7 Å². The van der Waals surface area contributed by atoms with Crippen LogP contribution in [0.5, 0.6) is 0 Å². The average Bonchev–Trinajstić information content (AvgIpc) is 2.60. The summed E-state index contributed by atoms with van der Waals surface area (Å²) < 4.78 is 10.6. The van der Waals surface area contributed by atoms with Crippen molar-refractivity contribution in [2.24, 2.45) is 0 Å². The van der Waals surface area contributed by atoms with Gasteiger partial charge in [0.05, 0.1) is 13.2 Å². The van der Waals surface area contributed by atoms with E-state index >= 15 is 0 Å². The molecule has 1 atom stereocenters. The number of benzene rings is 1. The third-order valence-electron chi connectivity index (χ3n) is 3.29. The number of aromatic nitrogens is 1. The molecule has 5 heteroatoms. The second-order valence-corrected chi connectivity index (χ2v) is 5.00. The van der Waals surface area contributed by atoms with Gasteiger partial charge >= 0.3 is 0 Å². The van der Waals surface area contributed by atoms with Crippen LogP contribution in [0.3, 0.4) is 0 Å². The third kappa shape index (κ3) is 5.47. The molecule has 0 aliphatic rings. The van der Waals surface area contributed by atoms with Crippen LogP contribution in [0.2, 0.25) is 0 Å². The number of amides is 1. The monoisotopic (exact) mass is 314 g/mol. The normalized spacial score (nSPS) is 11.9. The first-order chi connectivity index (χ1) is 11.2. The van der Waals surface area contributed by atoms with Crippen molar-refractivity contribution in [3.8, 4) is 11.1 Å². The number of nitrogens with zero attached hydrogens (tertiary/aromatic N) is 1. The maximum Gasteiger partial charge on any atom is 0.254 e. The molecule has 1 aromatic carbocycles. The van der Waals surface area contributed by atoms with Crippen molar-refractivity contribution in [1.29, 1.82) is 0 Å². The molecule has 1 heterocycles. The summed E-state index contributed by atoms with van der Waals surface area (Å²) in [5.41, 5.74) is 2.09. The van der Waals surface area contributed by atoms with E-state index in [1.54, 1.807) is 19.2 Å². The van der Waals surface area contributed by atoms with Crippen molar-refractivity contribution in [3.63, 3.8) is 0 Å². The van der Waals surface area contributed by atoms with Crippen LogP contribution in [-0.2, 0) is 14.3 Å². The Hall–Kier alpha value is -2.24. The van der Waals surface area contributed by atoms with E-state index in [2.05, 4.69) is 10.3 Å². The molecular weight excluding hydrogens is 292 g/mol. The maximum atomic E-state index is 12.0. The van der Waals surface area contributed by atoms with E-state index in [1.165, 1.54) is 0 Å². The molecule has 0 radical (unpaired) electrons. The zero-order valence-corrected chi connectivity index (χ0v) is 13.5. The fourth-order valence-electron chi connectivity index (χ4n) is 2.00. The molecule has 1 N–H and O–H groups in total. The van der Waals surface area contributed by atoms with Crippen molar-refractivity contribution >= 4 is 11.7 Å². The number of ether oxygens (including phenoxy) is 2. The molecule has 1 amide bonds.